The van der Waals surface area contributed by atoms with E-state index >= 15 is 0 Å². The zero-order chi connectivity index (χ0) is 22.9. The third kappa shape index (κ3) is 8.71. The second kappa shape index (κ2) is 11.8. The molecule has 1 atom stereocenters. The Morgan fingerprint density at radius 3 is 2.43 bits per heavy atom. The van der Waals surface area contributed by atoms with Gasteiger partial charge in [-0.25, -0.2) is 8.42 Å². The van der Waals surface area contributed by atoms with Crippen LogP contribution in [0.4, 0.5) is 18.9 Å². The standard InChI is InChI=1S/C20H30ClF3N2O3S/c1-4-6-8-15(5-2)14-25-19(27)9-7-12-26(30(3,28)29)16-10-11-18(21)17(13-16)20(22,23)24/h10-11,13,15H,4-9,12,14H2,1-3H3,(H,25,27). The number of amides is 1. The highest BCUT2D eigenvalue weighted by Gasteiger charge is 2.34. The first-order chi connectivity index (χ1) is 13.9. The highest BCUT2D eigenvalue weighted by molar-refractivity contribution is 7.92. The van der Waals surface area contributed by atoms with Crippen molar-refractivity contribution in [3.8, 4) is 0 Å². The van der Waals surface area contributed by atoms with Gasteiger partial charge in [0, 0.05) is 19.5 Å². The first kappa shape index (κ1) is 26.6. The van der Waals surface area contributed by atoms with Crippen molar-refractivity contribution in [2.24, 2.45) is 5.92 Å². The summed E-state index contributed by atoms with van der Waals surface area (Å²) in [6.07, 6.45) is 0.640. The van der Waals surface area contributed by atoms with Gasteiger partial charge in [-0.2, -0.15) is 13.2 Å². The number of unbranched alkanes of at least 4 members (excludes halogenated alkanes) is 1. The molecule has 1 amide bonds. The Labute approximate surface area is 182 Å². The van der Waals surface area contributed by atoms with Gasteiger partial charge in [0.05, 0.1) is 22.5 Å². The molecular formula is C20H30ClF3N2O3S. The van der Waals surface area contributed by atoms with Crippen molar-refractivity contribution in [1.29, 1.82) is 0 Å². The van der Waals surface area contributed by atoms with Crippen LogP contribution < -0.4 is 9.62 Å². The van der Waals surface area contributed by atoms with Crippen molar-refractivity contribution >= 4 is 33.2 Å². The van der Waals surface area contributed by atoms with Gasteiger partial charge in [0.25, 0.3) is 0 Å². The molecule has 0 aromatic heterocycles. The predicted octanol–water partition coefficient (Wildman–Crippen LogP) is 5.24. The Morgan fingerprint density at radius 1 is 1.23 bits per heavy atom. The summed E-state index contributed by atoms with van der Waals surface area (Å²) >= 11 is 5.61. The van der Waals surface area contributed by atoms with Crippen LogP contribution in [0, 0.1) is 5.92 Å². The first-order valence-corrected chi connectivity index (χ1v) is 12.2. The Morgan fingerprint density at radius 2 is 1.90 bits per heavy atom. The molecule has 0 saturated heterocycles. The second-order valence-corrected chi connectivity index (χ2v) is 9.64. The number of nitrogens with zero attached hydrogens (tertiary/aromatic N) is 1. The van der Waals surface area contributed by atoms with E-state index in [0.717, 1.165) is 42.3 Å². The van der Waals surface area contributed by atoms with E-state index in [1.54, 1.807) is 0 Å². The van der Waals surface area contributed by atoms with Gasteiger partial charge in [0.1, 0.15) is 0 Å². The lowest BCUT2D eigenvalue weighted by Gasteiger charge is -2.23. The molecule has 0 fully saturated rings. The van der Waals surface area contributed by atoms with Gasteiger partial charge in [0.2, 0.25) is 15.9 Å². The van der Waals surface area contributed by atoms with Crippen molar-refractivity contribution in [3.63, 3.8) is 0 Å². The summed E-state index contributed by atoms with van der Waals surface area (Å²) in [6.45, 7) is 4.63. The summed E-state index contributed by atoms with van der Waals surface area (Å²) in [6, 6.07) is 2.95. The number of halogens is 4. The van der Waals surface area contributed by atoms with E-state index in [-0.39, 0.29) is 31.0 Å². The predicted molar refractivity (Wildman–Crippen MR) is 114 cm³/mol. The molecule has 0 aliphatic rings. The molecule has 1 unspecified atom stereocenters. The first-order valence-electron chi connectivity index (χ1n) is 10.0. The van der Waals surface area contributed by atoms with Crippen LogP contribution in [0.3, 0.4) is 0 Å². The topological polar surface area (TPSA) is 66.5 Å². The van der Waals surface area contributed by atoms with E-state index < -0.39 is 26.8 Å². The van der Waals surface area contributed by atoms with Gasteiger partial charge in [-0.15, -0.1) is 0 Å². The van der Waals surface area contributed by atoms with Crippen LogP contribution in [-0.2, 0) is 21.0 Å². The lowest BCUT2D eigenvalue weighted by molar-refractivity contribution is -0.137. The number of nitrogens with one attached hydrogen (secondary N) is 1. The van der Waals surface area contributed by atoms with Crippen LogP contribution in [-0.4, -0.2) is 33.7 Å². The van der Waals surface area contributed by atoms with Gasteiger partial charge < -0.3 is 5.32 Å². The van der Waals surface area contributed by atoms with Crippen molar-refractivity contribution < 1.29 is 26.4 Å². The highest BCUT2D eigenvalue weighted by Crippen LogP contribution is 2.37. The molecule has 1 rings (SSSR count). The fraction of sp³-hybridized carbons (Fsp3) is 0.650. The molecule has 0 bridgehead atoms. The monoisotopic (exact) mass is 470 g/mol. The number of sulfonamides is 1. The van der Waals surface area contributed by atoms with Gasteiger partial charge in [-0.3, -0.25) is 9.10 Å². The Kier molecular flexibility index (Phi) is 10.4. The molecule has 1 N–H and O–H groups in total. The summed E-state index contributed by atoms with van der Waals surface area (Å²) < 4.78 is 64.4. The summed E-state index contributed by atoms with van der Waals surface area (Å²) in [7, 11) is -3.84. The molecular weight excluding hydrogens is 441 g/mol. The quantitative estimate of drug-likeness (QED) is 0.454. The zero-order valence-electron chi connectivity index (χ0n) is 17.6. The van der Waals surface area contributed by atoms with Crippen LogP contribution in [0.2, 0.25) is 5.02 Å². The van der Waals surface area contributed by atoms with Crippen molar-refractivity contribution in [1.82, 2.24) is 5.32 Å². The number of hydrogen-bond acceptors (Lipinski definition) is 3. The molecule has 0 heterocycles. The number of benzene rings is 1. The SMILES string of the molecule is CCCCC(CC)CNC(=O)CCCN(c1ccc(Cl)c(C(F)(F)F)c1)S(C)(=O)=O. The molecule has 1 aromatic carbocycles. The van der Waals surface area contributed by atoms with Crippen LogP contribution in [0.5, 0.6) is 0 Å². The van der Waals surface area contributed by atoms with Crippen molar-refractivity contribution in [3.05, 3.63) is 28.8 Å². The van der Waals surface area contributed by atoms with Crippen LogP contribution in [0.15, 0.2) is 18.2 Å². The molecule has 0 aliphatic heterocycles. The normalized spacial score (nSPS) is 13.2. The Hall–Kier alpha value is -1.48. The summed E-state index contributed by atoms with van der Waals surface area (Å²) in [4.78, 5) is 12.1. The molecule has 172 valence electrons. The van der Waals surface area contributed by atoms with E-state index in [1.165, 1.54) is 6.07 Å². The third-order valence-corrected chi connectivity index (χ3v) is 6.36. The van der Waals surface area contributed by atoms with Gasteiger partial charge in [-0.1, -0.05) is 44.7 Å². The smallest absolute Gasteiger partial charge is 0.356 e. The molecule has 1 aromatic rings. The molecule has 30 heavy (non-hydrogen) atoms. The summed E-state index contributed by atoms with van der Waals surface area (Å²) in [5.74, 6) is 0.196. The van der Waals surface area contributed by atoms with E-state index in [0.29, 0.717) is 18.5 Å². The van der Waals surface area contributed by atoms with Crippen molar-refractivity contribution in [2.45, 2.75) is 58.5 Å². The van der Waals surface area contributed by atoms with Crippen molar-refractivity contribution in [2.75, 3.05) is 23.7 Å². The number of anilines is 1. The van der Waals surface area contributed by atoms with E-state index in [1.807, 2.05) is 0 Å². The maximum atomic E-state index is 13.1. The number of rotatable bonds is 12. The average molecular weight is 471 g/mol. The maximum absolute atomic E-state index is 13.1. The Balaban J connectivity index is 2.75. The fourth-order valence-electron chi connectivity index (χ4n) is 3.05. The van der Waals surface area contributed by atoms with Gasteiger partial charge in [-0.05, 0) is 37.0 Å². The number of carbonyl (C=O) groups is 1. The molecule has 0 aliphatic carbocycles. The van der Waals surface area contributed by atoms with E-state index in [9.17, 15) is 26.4 Å². The Bertz CT molecular complexity index is 801. The largest absolute Gasteiger partial charge is 0.417 e. The third-order valence-electron chi connectivity index (χ3n) is 4.84. The summed E-state index contributed by atoms with van der Waals surface area (Å²) in [5.41, 5.74) is -1.24. The minimum atomic E-state index is -4.70. The fourth-order valence-corrected chi connectivity index (χ4v) is 4.23. The van der Waals surface area contributed by atoms with Crippen LogP contribution in [0.25, 0.3) is 0 Å². The molecule has 0 spiro atoms. The van der Waals surface area contributed by atoms with E-state index in [4.69, 9.17) is 11.6 Å². The highest BCUT2D eigenvalue weighted by atomic mass is 35.5. The minimum absolute atomic E-state index is 0.0793. The zero-order valence-corrected chi connectivity index (χ0v) is 19.1. The van der Waals surface area contributed by atoms with Crippen LogP contribution in [0.1, 0.15) is 57.9 Å². The lowest BCUT2D eigenvalue weighted by atomic mass is 9.99. The molecule has 0 saturated carbocycles. The number of alkyl halides is 3. The molecule has 5 nitrogen and oxygen atoms in total. The molecule has 0 radical (unpaired) electrons. The lowest BCUT2D eigenvalue weighted by Crippen LogP contribution is -2.33. The summed E-state index contributed by atoms with van der Waals surface area (Å²) in [5, 5.41) is 2.35. The average Bonchev–Trinajstić information content (AvgIpc) is 2.64. The minimum Gasteiger partial charge on any atom is -0.356 e. The van der Waals surface area contributed by atoms with Gasteiger partial charge in [0.15, 0.2) is 0 Å². The molecule has 10 heteroatoms. The number of hydrogen-bond donors (Lipinski definition) is 1. The maximum Gasteiger partial charge on any atom is 0.417 e. The van der Waals surface area contributed by atoms with E-state index in [2.05, 4.69) is 19.2 Å². The number of carbonyl (C=O) groups excluding carboxylic acids is 1. The van der Waals surface area contributed by atoms with Crippen LogP contribution >= 0.6 is 11.6 Å². The second-order valence-electron chi connectivity index (χ2n) is 7.32. The van der Waals surface area contributed by atoms with Gasteiger partial charge >= 0.3 is 6.18 Å².